The van der Waals surface area contributed by atoms with E-state index in [9.17, 15) is 0 Å². The summed E-state index contributed by atoms with van der Waals surface area (Å²) >= 11 is 1.85. The molecule has 0 saturated carbocycles. The average molecular weight is 823 g/mol. The Bertz CT molecular complexity index is 3270. The normalized spacial score (nSPS) is 11.2. The number of para-hydroxylation sites is 2. The van der Waals surface area contributed by atoms with E-state index in [0.717, 1.165) is 56.4 Å². The van der Waals surface area contributed by atoms with Crippen LogP contribution in [0.15, 0.2) is 255 Å². The van der Waals surface area contributed by atoms with Crippen LogP contribution in [0.4, 0.5) is 34.1 Å². The third kappa shape index (κ3) is 7.46. The van der Waals surface area contributed by atoms with Gasteiger partial charge in [0.25, 0.3) is 0 Å². The highest BCUT2D eigenvalue weighted by Gasteiger charge is 2.23. The number of rotatable bonds is 10. The Balaban J connectivity index is 1.12. The monoisotopic (exact) mass is 822 g/mol. The molecule has 0 N–H and O–H groups in total. The summed E-state index contributed by atoms with van der Waals surface area (Å²) in [5, 5.41) is 2.57. The summed E-state index contributed by atoms with van der Waals surface area (Å²) < 4.78 is 2.56. The first-order chi connectivity index (χ1) is 31.2. The van der Waals surface area contributed by atoms with Crippen molar-refractivity contribution in [1.29, 1.82) is 0 Å². The molecule has 0 aliphatic rings. The molecule has 0 bridgehead atoms. The van der Waals surface area contributed by atoms with E-state index in [1.165, 1.54) is 42.4 Å². The van der Waals surface area contributed by atoms with Crippen molar-refractivity contribution in [3.8, 4) is 44.5 Å². The van der Waals surface area contributed by atoms with Gasteiger partial charge >= 0.3 is 0 Å². The second-order valence-electron chi connectivity index (χ2n) is 15.7. The third-order valence-electron chi connectivity index (χ3n) is 11.8. The van der Waals surface area contributed by atoms with Crippen molar-refractivity contribution in [2.24, 2.45) is 0 Å². The Hall–Kier alpha value is -7.98. The predicted octanol–water partition coefficient (Wildman–Crippen LogP) is 17.7. The number of anilines is 6. The van der Waals surface area contributed by atoms with Crippen LogP contribution in [-0.2, 0) is 0 Å². The number of hydrogen-bond acceptors (Lipinski definition) is 3. The van der Waals surface area contributed by atoms with Gasteiger partial charge in [-0.25, -0.2) is 0 Å². The van der Waals surface area contributed by atoms with Crippen LogP contribution in [-0.4, -0.2) is 0 Å². The number of fused-ring (bicyclic) bond motifs is 3. The molecule has 0 aliphatic heterocycles. The lowest BCUT2D eigenvalue weighted by molar-refractivity contribution is 1.27. The minimum atomic E-state index is 1.08. The maximum atomic E-state index is 2.44. The largest absolute Gasteiger partial charge is 0.310 e. The topological polar surface area (TPSA) is 6.48 Å². The Morgan fingerprint density at radius 1 is 0.238 bits per heavy atom. The molecule has 1 aromatic heterocycles. The molecule has 0 radical (unpaired) electrons. The van der Waals surface area contributed by atoms with Crippen molar-refractivity contribution in [2.45, 2.75) is 0 Å². The molecule has 0 saturated heterocycles. The lowest BCUT2D eigenvalue weighted by atomic mass is 9.97. The highest BCUT2D eigenvalue weighted by molar-refractivity contribution is 7.25. The molecule has 0 spiro atoms. The molecule has 63 heavy (non-hydrogen) atoms. The summed E-state index contributed by atoms with van der Waals surface area (Å²) in [5.41, 5.74) is 15.8. The Morgan fingerprint density at radius 2 is 0.603 bits per heavy atom. The van der Waals surface area contributed by atoms with E-state index in [2.05, 4.69) is 265 Å². The van der Waals surface area contributed by atoms with Gasteiger partial charge in [0.05, 0.1) is 11.4 Å². The Labute approximate surface area is 372 Å². The van der Waals surface area contributed by atoms with Crippen LogP contribution in [0.5, 0.6) is 0 Å². The second kappa shape index (κ2) is 16.8. The number of thiophene rings is 1. The second-order valence-corrected chi connectivity index (χ2v) is 16.8. The minimum absolute atomic E-state index is 1.08. The number of hydrogen-bond donors (Lipinski definition) is 0. The zero-order valence-electron chi connectivity index (χ0n) is 34.6. The van der Waals surface area contributed by atoms with Gasteiger partial charge in [-0.05, 0) is 100 Å². The minimum Gasteiger partial charge on any atom is -0.310 e. The first-order valence-corrected chi connectivity index (χ1v) is 22.2. The highest BCUT2D eigenvalue weighted by Crippen LogP contribution is 2.48. The van der Waals surface area contributed by atoms with Gasteiger partial charge in [-0.3, -0.25) is 0 Å². The SMILES string of the molecule is c1ccc(-c2cccc(N(c3cccc(-c4ccccc4)c3)c3ccccc3-c3ccccc3N(c3cccc(-c4ccccc4)c3)c3ccc4c(c3)sc3ccccc34)c2)cc1. The molecule has 11 aromatic rings. The summed E-state index contributed by atoms with van der Waals surface area (Å²) in [6.45, 7) is 0. The summed E-state index contributed by atoms with van der Waals surface area (Å²) in [4.78, 5) is 4.87. The molecule has 0 unspecified atom stereocenters. The summed E-state index contributed by atoms with van der Waals surface area (Å²) in [7, 11) is 0. The number of nitrogens with zero attached hydrogens (tertiary/aromatic N) is 2. The van der Waals surface area contributed by atoms with Crippen LogP contribution < -0.4 is 9.80 Å². The molecule has 1 heterocycles. The average Bonchev–Trinajstić information content (AvgIpc) is 3.74. The quantitative estimate of drug-likeness (QED) is 0.136. The van der Waals surface area contributed by atoms with Gasteiger partial charge in [-0.1, -0.05) is 188 Å². The Kier molecular flexibility index (Phi) is 10.1. The fourth-order valence-electron chi connectivity index (χ4n) is 8.87. The molecule has 3 heteroatoms. The van der Waals surface area contributed by atoms with E-state index < -0.39 is 0 Å². The van der Waals surface area contributed by atoms with Gasteiger partial charge in [-0.2, -0.15) is 0 Å². The van der Waals surface area contributed by atoms with Crippen LogP contribution in [0, 0.1) is 0 Å². The van der Waals surface area contributed by atoms with E-state index in [1.807, 2.05) is 11.3 Å². The van der Waals surface area contributed by atoms with Gasteiger partial charge < -0.3 is 9.80 Å². The zero-order chi connectivity index (χ0) is 42.0. The molecule has 0 atom stereocenters. The Morgan fingerprint density at radius 3 is 1.08 bits per heavy atom. The van der Waals surface area contributed by atoms with E-state index in [1.54, 1.807) is 0 Å². The van der Waals surface area contributed by atoms with E-state index in [0.29, 0.717) is 0 Å². The van der Waals surface area contributed by atoms with E-state index in [-0.39, 0.29) is 0 Å². The van der Waals surface area contributed by atoms with Gasteiger partial charge in [-0.15, -0.1) is 11.3 Å². The van der Waals surface area contributed by atoms with Crippen LogP contribution in [0.3, 0.4) is 0 Å². The van der Waals surface area contributed by atoms with Crippen LogP contribution in [0.25, 0.3) is 64.7 Å². The summed E-state index contributed by atoms with van der Waals surface area (Å²) in [6, 6.07) is 92.2. The van der Waals surface area contributed by atoms with Crippen molar-refractivity contribution < 1.29 is 0 Å². The fraction of sp³-hybridized carbons (Fsp3) is 0. The molecule has 11 rings (SSSR count). The maximum absolute atomic E-state index is 2.44. The van der Waals surface area contributed by atoms with Crippen molar-refractivity contribution in [3.63, 3.8) is 0 Å². The molecule has 0 amide bonds. The molecular formula is C60H42N2S. The van der Waals surface area contributed by atoms with Gasteiger partial charge in [0, 0.05) is 54.0 Å². The standard InChI is InChI=1S/C60H42N2S/c1-4-19-43(20-5-1)46-25-16-28-49(39-46)61(50-29-17-26-47(40-50)44-21-6-2-7-22-44)57-34-13-10-31-53(57)54-32-11-14-35-58(54)62(51-30-18-27-48(41-51)45-23-8-3-9-24-45)52-37-38-56-55-33-12-15-36-59(55)63-60(56)42-52/h1-42H. The number of benzene rings is 10. The summed E-state index contributed by atoms with van der Waals surface area (Å²) in [6.07, 6.45) is 0. The molecule has 298 valence electrons. The van der Waals surface area contributed by atoms with Crippen molar-refractivity contribution >= 4 is 65.6 Å². The van der Waals surface area contributed by atoms with Crippen molar-refractivity contribution in [3.05, 3.63) is 255 Å². The van der Waals surface area contributed by atoms with Crippen molar-refractivity contribution in [2.75, 3.05) is 9.80 Å². The van der Waals surface area contributed by atoms with E-state index >= 15 is 0 Å². The molecule has 10 aromatic carbocycles. The molecular weight excluding hydrogens is 781 g/mol. The predicted molar refractivity (Wildman–Crippen MR) is 270 cm³/mol. The fourth-order valence-corrected chi connectivity index (χ4v) is 10.0. The molecule has 0 aliphatic carbocycles. The van der Waals surface area contributed by atoms with Gasteiger partial charge in [0.2, 0.25) is 0 Å². The van der Waals surface area contributed by atoms with Crippen molar-refractivity contribution in [1.82, 2.24) is 0 Å². The molecule has 2 nitrogen and oxygen atoms in total. The van der Waals surface area contributed by atoms with E-state index in [4.69, 9.17) is 0 Å². The van der Waals surface area contributed by atoms with Crippen LogP contribution in [0.2, 0.25) is 0 Å². The highest BCUT2D eigenvalue weighted by atomic mass is 32.1. The third-order valence-corrected chi connectivity index (χ3v) is 13.0. The zero-order valence-corrected chi connectivity index (χ0v) is 35.4. The van der Waals surface area contributed by atoms with Crippen LogP contribution in [0.1, 0.15) is 0 Å². The molecule has 0 fully saturated rings. The maximum Gasteiger partial charge on any atom is 0.0540 e. The first kappa shape index (κ1) is 38.0. The van der Waals surface area contributed by atoms with Gasteiger partial charge in [0.15, 0.2) is 0 Å². The lowest BCUT2D eigenvalue weighted by Gasteiger charge is -2.31. The smallest absolute Gasteiger partial charge is 0.0540 e. The first-order valence-electron chi connectivity index (χ1n) is 21.4. The van der Waals surface area contributed by atoms with Gasteiger partial charge in [0.1, 0.15) is 0 Å². The van der Waals surface area contributed by atoms with Crippen LogP contribution >= 0.6 is 11.3 Å². The lowest BCUT2D eigenvalue weighted by Crippen LogP contribution is -2.14. The summed E-state index contributed by atoms with van der Waals surface area (Å²) in [5.74, 6) is 0.